The van der Waals surface area contributed by atoms with Gasteiger partial charge in [-0.3, -0.25) is 4.21 Å². The maximum Gasteiger partial charge on any atom is 0.0441 e. The first kappa shape index (κ1) is 14.2. The van der Waals surface area contributed by atoms with Gasteiger partial charge in [0.1, 0.15) is 0 Å². The Bertz CT molecular complexity index is 220. The van der Waals surface area contributed by atoms with Crippen molar-refractivity contribution in [3.05, 3.63) is 0 Å². The summed E-state index contributed by atoms with van der Waals surface area (Å²) in [7, 11) is -0.690. The lowest BCUT2D eigenvalue weighted by Crippen LogP contribution is -2.35. The molecule has 0 aromatic heterocycles. The van der Waals surface area contributed by atoms with Gasteiger partial charge in [-0.15, -0.1) is 0 Å². The van der Waals surface area contributed by atoms with Crippen molar-refractivity contribution in [2.75, 3.05) is 12.8 Å². The number of nitrogens with one attached hydrogen (secondary N) is 1. The van der Waals surface area contributed by atoms with E-state index in [0.29, 0.717) is 6.04 Å². The fourth-order valence-electron chi connectivity index (χ4n) is 2.44. The minimum Gasteiger partial charge on any atom is -0.313 e. The minimum atomic E-state index is -0.690. The summed E-state index contributed by atoms with van der Waals surface area (Å²) in [6.45, 7) is 5.28. The third-order valence-corrected chi connectivity index (χ3v) is 5.23. The average Bonchev–Trinajstić information content (AvgIpc) is 2.50. The zero-order valence-corrected chi connectivity index (χ0v) is 11.8. The van der Waals surface area contributed by atoms with Crippen molar-refractivity contribution >= 4 is 10.8 Å². The van der Waals surface area contributed by atoms with Crippen LogP contribution in [0.5, 0.6) is 0 Å². The normalized spacial score (nSPS) is 30.7. The monoisotopic (exact) mass is 245 g/mol. The van der Waals surface area contributed by atoms with Gasteiger partial charge in [0.05, 0.1) is 0 Å². The van der Waals surface area contributed by atoms with Crippen LogP contribution in [0, 0.1) is 5.92 Å². The van der Waals surface area contributed by atoms with Crippen molar-refractivity contribution in [2.45, 2.75) is 63.7 Å². The third kappa shape index (κ3) is 4.96. The van der Waals surface area contributed by atoms with Crippen molar-refractivity contribution in [1.29, 1.82) is 0 Å². The maximum atomic E-state index is 11.3. The maximum absolute atomic E-state index is 11.3. The van der Waals surface area contributed by atoms with Gasteiger partial charge in [0.15, 0.2) is 0 Å². The number of hydrogen-bond acceptors (Lipinski definition) is 2. The lowest BCUT2D eigenvalue weighted by molar-refractivity contribution is 0.426. The van der Waals surface area contributed by atoms with Gasteiger partial charge >= 0.3 is 0 Å². The molecule has 1 aliphatic rings. The van der Waals surface area contributed by atoms with Gasteiger partial charge in [0, 0.05) is 34.9 Å². The van der Waals surface area contributed by atoms with Gasteiger partial charge in [-0.05, 0) is 32.1 Å². The van der Waals surface area contributed by atoms with Crippen LogP contribution in [0.25, 0.3) is 0 Å². The van der Waals surface area contributed by atoms with E-state index in [1.807, 2.05) is 0 Å². The predicted molar refractivity (Wildman–Crippen MR) is 72.2 cm³/mol. The Hall–Kier alpha value is 0.110. The van der Waals surface area contributed by atoms with Gasteiger partial charge < -0.3 is 5.32 Å². The highest BCUT2D eigenvalue weighted by Crippen LogP contribution is 2.25. The molecule has 0 aromatic carbocycles. The quantitative estimate of drug-likeness (QED) is 0.755. The van der Waals surface area contributed by atoms with Gasteiger partial charge in [-0.1, -0.05) is 26.2 Å². The smallest absolute Gasteiger partial charge is 0.0441 e. The van der Waals surface area contributed by atoms with E-state index in [4.69, 9.17) is 0 Å². The number of hydrogen-bond donors (Lipinski definition) is 1. The largest absolute Gasteiger partial charge is 0.313 e. The molecule has 96 valence electrons. The van der Waals surface area contributed by atoms with Crippen molar-refractivity contribution in [2.24, 2.45) is 5.92 Å². The summed E-state index contributed by atoms with van der Waals surface area (Å²) in [4.78, 5) is 0. The molecule has 0 heterocycles. The van der Waals surface area contributed by atoms with Crippen LogP contribution in [0.4, 0.5) is 0 Å². The van der Waals surface area contributed by atoms with E-state index in [2.05, 4.69) is 19.2 Å². The molecule has 1 fully saturated rings. The lowest BCUT2D eigenvalue weighted by atomic mass is 9.98. The average molecular weight is 245 g/mol. The zero-order chi connectivity index (χ0) is 12.0. The van der Waals surface area contributed by atoms with Crippen LogP contribution in [0.15, 0.2) is 0 Å². The van der Waals surface area contributed by atoms with E-state index >= 15 is 0 Å². The topological polar surface area (TPSA) is 29.1 Å². The van der Waals surface area contributed by atoms with Crippen molar-refractivity contribution < 1.29 is 4.21 Å². The summed E-state index contributed by atoms with van der Waals surface area (Å²) in [6, 6.07) is 0.669. The molecular formula is C13H27NOS. The second-order valence-corrected chi connectivity index (χ2v) is 7.00. The van der Waals surface area contributed by atoms with Crippen LogP contribution in [0.1, 0.15) is 52.4 Å². The molecule has 3 heteroatoms. The summed E-state index contributed by atoms with van der Waals surface area (Å²) in [5.41, 5.74) is 0. The fraction of sp³-hybridized carbons (Fsp3) is 1.00. The summed E-state index contributed by atoms with van der Waals surface area (Å²) in [5.74, 6) is 0.949. The van der Waals surface area contributed by atoms with Crippen LogP contribution in [-0.2, 0) is 10.8 Å². The Morgan fingerprint density at radius 3 is 2.69 bits per heavy atom. The Kier molecular flexibility index (Phi) is 6.59. The first-order valence-corrected chi connectivity index (χ1v) is 8.31. The molecule has 4 unspecified atom stereocenters. The summed E-state index contributed by atoms with van der Waals surface area (Å²) in [5, 5.41) is 3.88. The zero-order valence-electron chi connectivity index (χ0n) is 11.0. The first-order chi connectivity index (χ1) is 7.63. The van der Waals surface area contributed by atoms with Gasteiger partial charge in [-0.2, -0.15) is 0 Å². The van der Waals surface area contributed by atoms with E-state index in [-0.39, 0.29) is 5.25 Å². The molecule has 0 bridgehead atoms. The van der Waals surface area contributed by atoms with Crippen LogP contribution in [0.2, 0.25) is 0 Å². The molecule has 4 atom stereocenters. The number of rotatable bonds is 5. The Labute approximate surface area is 103 Å². The lowest BCUT2D eigenvalue weighted by Gasteiger charge is -2.18. The van der Waals surface area contributed by atoms with Gasteiger partial charge in [0.25, 0.3) is 0 Å². The van der Waals surface area contributed by atoms with Gasteiger partial charge in [0.2, 0.25) is 0 Å². The highest BCUT2D eigenvalue weighted by Gasteiger charge is 2.18. The van der Waals surface area contributed by atoms with Crippen molar-refractivity contribution in [3.8, 4) is 0 Å². The minimum absolute atomic E-state index is 0.283. The van der Waals surface area contributed by atoms with E-state index in [1.54, 1.807) is 6.26 Å². The highest BCUT2D eigenvalue weighted by molar-refractivity contribution is 7.84. The molecule has 2 nitrogen and oxygen atoms in total. The SMILES string of the molecule is CCC1CCCC(NCC(C)S(C)=O)CC1. The highest BCUT2D eigenvalue weighted by atomic mass is 32.2. The van der Waals surface area contributed by atoms with E-state index in [9.17, 15) is 4.21 Å². The van der Waals surface area contributed by atoms with Crippen LogP contribution in [-0.4, -0.2) is 28.3 Å². The predicted octanol–water partition coefficient (Wildman–Crippen LogP) is 2.70. The molecular weight excluding hydrogens is 218 g/mol. The molecule has 0 saturated heterocycles. The second kappa shape index (κ2) is 7.44. The molecule has 16 heavy (non-hydrogen) atoms. The Morgan fingerprint density at radius 1 is 1.31 bits per heavy atom. The first-order valence-electron chi connectivity index (χ1n) is 6.69. The van der Waals surface area contributed by atoms with E-state index in [0.717, 1.165) is 12.5 Å². The molecule has 1 aliphatic carbocycles. The summed E-state index contributed by atoms with van der Waals surface area (Å²) in [6.07, 6.45) is 9.89. The molecule has 1 rings (SSSR count). The molecule has 1 saturated carbocycles. The van der Waals surface area contributed by atoms with Crippen LogP contribution < -0.4 is 5.32 Å². The van der Waals surface area contributed by atoms with E-state index < -0.39 is 10.8 Å². The molecule has 0 radical (unpaired) electrons. The molecule has 0 spiro atoms. The summed E-state index contributed by atoms with van der Waals surface area (Å²) < 4.78 is 11.3. The van der Waals surface area contributed by atoms with E-state index in [1.165, 1.54) is 38.5 Å². The Balaban J connectivity index is 2.25. The van der Waals surface area contributed by atoms with Crippen LogP contribution in [0.3, 0.4) is 0 Å². The molecule has 0 amide bonds. The molecule has 0 aromatic rings. The standard InChI is InChI=1S/C13H27NOS/c1-4-12-6-5-7-13(9-8-12)14-10-11(2)16(3)15/h11-14H,4-10H2,1-3H3. The Morgan fingerprint density at radius 2 is 2.06 bits per heavy atom. The fourth-order valence-corrected chi connectivity index (χ4v) is 2.77. The third-order valence-electron chi connectivity index (χ3n) is 3.93. The second-order valence-electron chi connectivity index (χ2n) is 5.20. The van der Waals surface area contributed by atoms with Crippen LogP contribution >= 0.6 is 0 Å². The van der Waals surface area contributed by atoms with Crippen molar-refractivity contribution in [3.63, 3.8) is 0 Å². The molecule has 0 aliphatic heterocycles. The van der Waals surface area contributed by atoms with Gasteiger partial charge in [-0.25, -0.2) is 0 Å². The summed E-state index contributed by atoms with van der Waals surface area (Å²) >= 11 is 0. The van der Waals surface area contributed by atoms with Crippen molar-refractivity contribution in [1.82, 2.24) is 5.32 Å². The molecule has 1 N–H and O–H groups in total.